The number of benzene rings is 1. The minimum Gasteiger partial charge on any atom is -0.486 e. The van der Waals surface area contributed by atoms with Crippen molar-refractivity contribution in [2.24, 2.45) is 11.8 Å². The van der Waals surface area contributed by atoms with E-state index in [0.29, 0.717) is 37.2 Å². The van der Waals surface area contributed by atoms with Crippen molar-refractivity contribution < 1.29 is 19.1 Å². The van der Waals surface area contributed by atoms with Crippen molar-refractivity contribution in [1.29, 1.82) is 0 Å². The van der Waals surface area contributed by atoms with E-state index in [2.05, 4.69) is 12.2 Å². The molecule has 1 N–H and O–H groups in total. The topological polar surface area (TPSA) is 71.1 Å². The number of ether oxygens (including phenoxy) is 2. The van der Waals surface area contributed by atoms with E-state index >= 15 is 0 Å². The summed E-state index contributed by atoms with van der Waals surface area (Å²) in [6, 6.07) is 5.54. The molecule has 7 nitrogen and oxygen atoms in total. The van der Waals surface area contributed by atoms with E-state index in [1.807, 2.05) is 23.1 Å². The summed E-state index contributed by atoms with van der Waals surface area (Å²) in [4.78, 5) is 29.2. The first-order chi connectivity index (χ1) is 13.7. The Labute approximate surface area is 166 Å². The maximum Gasteiger partial charge on any atom is 0.228 e. The highest BCUT2D eigenvalue weighted by atomic mass is 16.6. The van der Waals surface area contributed by atoms with Crippen LogP contribution in [0.1, 0.15) is 26.2 Å². The zero-order valence-corrected chi connectivity index (χ0v) is 16.5. The van der Waals surface area contributed by atoms with Crippen LogP contribution in [0, 0.1) is 11.8 Å². The standard InChI is InChI=1S/C21H29N3O4/c1-2-22-13-15-5-7-23(8-6-15)21(26)16-11-20(25)24(14-16)17-3-4-18-19(12-17)28-10-9-27-18/h3-4,12,15-16,22H,2,5-11,13-14H2,1H3. The number of fused-ring (bicyclic) bond motifs is 1. The van der Waals surface area contributed by atoms with Gasteiger partial charge in [-0.15, -0.1) is 0 Å². The van der Waals surface area contributed by atoms with E-state index in [-0.39, 0.29) is 24.2 Å². The van der Waals surface area contributed by atoms with Gasteiger partial charge in [-0.2, -0.15) is 0 Å². The maximum absolute atomic E-state index is 13.0. The van der Waals surface area contributed by atoms with Gasteiger partial charge >= 0.3 is 0 Å². The number of nitrogens with one attached hydrogen (secondary N) is 1. The quantitative estimate of drug-likeness (QED) is 0.832. The van der Waals surface area contributed by atoms with Crippen LogP contribution < -0.4 is 19.7 Å². The molecule has 2 saturated heterocycles. The van der Waals surface area contributed by atoms with Gasteiger partial charge < -0.3 is 24.6 Å². The van der Waals surface area contributed by atoms with Gasteiger partial charge in [0.25, 0.3) is 0 Å². The van der Waals surface area contributed by atoms with E-state index in [1.165, 1.54) is 0 Å². The van der Waals surface area contributed by atoms with Crippen LogP contribution in [0.5, 0.6) is 11.5 Å². The number of nitrogens with zero attached hydrogens (tertiary/aromatic N) is 2. The lowest BCUT2D eigenvalue weighted by molar-refractivity contribution is -0.137. The molecule has 0 aromatic heterocycles. The molecule has 1 aromatic carbocycles. The van der Waals surface area contributed by atoms with Crippen molar-refractivity contribution in [2.45, 2.75) is 26.2 Å². The summed E-state index contributed by atoms with van der Waals surface area (Å²) >= 11 is 0. The molecule has 2 amide bonds. The van der Waals surface area contributed by atoms with Crippen molar-refractivity contribution in [1.82, 2.24) is 10.2 Å². The third-order valence-electron chi connectivity index (χ3n) is 5.92. The van der Waals surface area contributed by atoms with Gasteiger partial charge in [0.2, 0.25) is 11.8 Å². The fourth-order valence-electron chi connectivity index (χ4n) is 4.29. The van der Waals surface area contributed by atoms with Crippen molar-refractivity contribution >= 4 is 17.5 Å². The molecular weight excluding hydrogens is 358 g/mol. The third-order valence-corrected chi connectivity index (χ3v) is 5.92. The van der Waals surface area contributed by atoms with Crippen LogP contribution in [-0.4, -0.2) is 62.7 Å². The molecule has 1 atom stereocenters. The molecule has 7 heteroatoms. The van der Waals surface area contributed by atoms with Gasteiger partial charge in [0.15, 0.2) is 11.5 Å². The Hall–Kier alpha value is -2.28. The average molecular weight is 387 g/mol. The summed E-state index contributed by atoms with van der Waals surface area (Å²) in [7, 11) is 0. The average Bonchev–Trinajstić information content (AvgIpc) is 3.13. The SMILES string of the molecule is CCNCC1CCN(C(=O)C2CC(=O)N(c3ccc4c(c3)OCCO4)C2)CC1. The minimum absolute atomic E-state index is 0.00272. The van der Waals surface area contributed by atoms with Gasteiger partial charge in [0, 0.05) is 37.8 Å². The van der Waals surface area contributed by atoms with E-state index in [4.69, 9.17) is 9.47 Å². The number of hydrogen-bond donors (Lipinski definition) is 1. The van der Waals surface area contributed by atoms with Gasteiger partial charge in [-0.3, -0.25) is 9.59 Å². The summed E-state index contributed by atoms with van der Waals surface area (Å²) in [5.74, 6) is 1.87. The lowest BCUT2D eigenvalue weighted by Crippen LogP contribution is -2.44. The number of rotatable bonds is 5. The number of piperidine rings is 1. The number of likely N-dealkylation sites (tertiary alicyclic amines) is 1. The Balaban J connectivity index is 1.36. The number of anilines is 1. The minimum atomic E-state index is -0.258. The highest BCUT2D eigenvalue weighted by molar-refractivity contribution is 6.00. The van der Waals surface area contributed by atoms with Crippen LogP contribution in [-0.2, 0) is 9.59 Å². The molecule has 4 rings (SSSR count). The largest absolute Gasteiger partial charge is 0.486 e. The van der Waals surface area contributed by atoms with Crippen LogP contribution in [0.25, 0.3) is 0 Å². The predicted molar refractivity (Wildman–Crippen MR) is 106 cm³/mol. The van der Waals surface area contributed by atoms with Gasteiger partial charge in [-0.05, 0) is 44.0 Å². The molecule has 3 aliphatic heterocycles. The highest BCUT2D eigenvalue weighted by Crippen LogP contribution is 2.36. The Kier molecular flexibility index (Phi) is 5.71. The molecule has 152 valence electrons. The van der Waals surface area contributed by atoms with E-state index in [0.717, 1.165) is 44.7 Å². The summed E-state index contributed by atoms with van der Waals surface area (Å²) < 4.78 is 11.2. The first kappa shape index (κ1) is 19.1. The van der Waals surface area contributed by atoms with Gasteiger partial charge in [-0.25, -0.2) is 0 Å². The van der Waals surface area contributed by atoms with Crippen LogP contribution in [0.4, 0.5) is 5.69 Å². The first-order valence-corrected chi connectivity index (χ1v) is 10.3. The molecule has 0 saturated carbocycles. The summed E-state index contributed by atoms with van der Waals surface area (Å²) in [5.41, 5.74) is 0.772. The first-order valence-electron chi connectivity index (χ1n) is 10.3. The fraction of sp³-hybridized carbons (Fsp3) is 0.619. The summed E-state index contributed by atoms with van der Waals surface area (Å²) in [6.45, 7) is 7.20. The zero-order chi connectivity index (χ0) is 19.5. The Bertz CT molecular complexity index is 730. The molecule has 1 unspecified atom stereocenters. The Morgan fingerprint density at radius 3 is 2.68 bits per heavy atom. The molecule has 0 spiro atoms. The molecule has 0 radical (unpaired) electrons. The third kappa shape index (κ3) is 3.94. The number of carbonyl (C=O) groups is 2. The second kappa shape index (κ2) is 8.39. The lowest BCUT2D eigenvalue weighted by Gasteiger charge is -2.33. The van der Waals surface area contributed by atoms with E-state index in [1.54, 1.807) is 4.90 Å². The van der Waals surface area contributed by atoms with Gasteiger partial charge in [0.1, 0.15) is 13.2 Å². The van der Waals surface area contributed by atoms with E-state index in [9.17, 15) is 9.59 Å². The molecule has 28 heavy (non-hydrogen) atoms. The van der Waals surface area contributed by atoms with Crippen LogP contribution in [0.3, 0.4) is 0 Å². The summed E-state index contributed by atoms with van der Waals surface area (Å²) in [6.07, 6.45) is 2.35. The maximum atomic E-state index is 13.0. The molecule has 0 bridgehead atoms. The number of carbonyl (C=O) groups excluding carboxylic acids is 2. The van der Waals surface area contributed by atoms with Gasteiger partial charge in [-0.1, -0.05) is 6.92 Å². The fourth-order valence-corrected chi connectivity index (χ4v) is 4.29. The lowest BCUT2D eigenvalue weighted by atomic mass is 9.95. The Morgan fingerprint density at radius 1 is 1.18 bits per heavy atom. The van der Waals surface area contributed by atoms with E-state index < -0.39 is 0 Å². The van der Waals surface area contributed by atoms with Crippen LogP contribution in [0.2, 0.25) is 0 Å². The monoisotopic (exact) mass is 387 g/mol. The second-order valence-corrected chi connectivity index (χ2v) is 7.81. The molecular formula is C21H29N3O4. The number of hydrogen-bond acceptors (Lipinski definition) is 5. The normalized spacial score (nSPS) is 22.6. The van der Waals surface area contributed by atoms with Crippen LogP contribution >= 0.6 is 0 Å². The molecule has 0 aliphatic carbocycles. The smallest absolute Gasteiger partial charge is 0.228 e. The van der Waals surface area contributed by atoms with Crippen molar-refractivity contribution in [2.75, 3.05) is 50.8 Å². The Morgan fingerprint density at radius 2 is 1.93 bits per heavy atom. The van der Waals surface area contributed by atoms with Crippen molar-refractivity contribution in [3.8, 4) is 11.5 Å². The van der Waals surface area contributed by atoms with Crippen molar-refractivity contribution in [3.05, 3.63) is 18.2 Å². The molecule has 2 fully saturated rings. The highest BCUT2D eigenvalue weighted by Gasteiger charge is 2.38. The van der Waals surface area contributed by atoms with Crippen molar-refractivity contribution in [3.63, 3.8) is 0 Å². The molecule has 3 aliphatic rings. The van der Waals surface area contributed by atoms with Crippen LogP contribution in [0.15, 0.2) is 18.2 Å². The van der Waals surface area contributed by atoms with Gasteiger partial charge in [0.05, 0.1) is 5.92 Å². The second-order valence-electron chi connectivity index (χ2n) is 7.81. The predicted octanol–water partition coefficient (Wildman–Crippen LogP) is 1.66. The number of amides is 2. The summed E-state index contributed by atoms with van der Waals surface area (Å²) in [5, 5.41) is 3.39. The zero-order valence-electron chi connectivity index (χ0n) is 16.5. The molecule has 1 aromatic rings. The molecule has 3 heterocycles.